The Labute approximate surface area is 123 Å². The maximum absolute atomic E-state index is 11.6. The SMILES string of the molecule is CC1Oc2ccc(NCc3ccccc3N)cc2NC1=O. The number of hydrogen-bond donors (Lipinski definition) is 3. The van der Waals surface area contributed by atoms with E-state index in [1.165, 1.54) is 0 Å². The van der Waals surface area contributed by atoms with Gasteiger partial charge in [-0.2, -0.15) is 0 Å². The molecule has 1 amide bonds. The van der Waals surface area contributed by atoms with Crippen molar-refractivity contribution in [1.29, 1.82) is 0 Å². The van der Waals surface area contributed by atoms with Gasteiger partial charge < -0.3 is 21.1 Å². The van der Waals surface area contributed by atoms with Gasteiger partial charge in [-0.05, 0) is 36.8 Å². The topological polar surface area (TPSA) is 76.4 Å². The molecule has 0 fully saturated rings. The molecule has 1 heterocycles. The average molecular weight is 283 g/mol. The van der Waals surface area contributed by atoms with Crippen molar-refractivity contribution in [2.45, 2.75) is 19.6 Å². The molecule has 2 aromatic carbocycles. The smallest absolute Gasteiger partial charge is 0.265 e. The van der Waals surface area contributed by atoms with Crippen molar-refractivity contribution < 1.29 is 9.53 Å². The standard InChI is InChI=1S/C16H17N3O2/c1-10-16(20)19-14-8-12(6-7-15(14)21-10)18-9-11-4-2-3-5-13(11)17/h2-8,10,18H,9,17H2,1H3,(H,19,20). The molecule has 0 saturated heterocycles. The molecular weight excluding hydrogens is 266 g/mol. The first-order chi connectivity index (χ1) is 10.1. The van der Waals surface area contributed by atoms with Crippen LogP contribution >= 0.6 is 0 Å². The van der Waals surface area contributed by atoms with Crippen molar-refractivity contribution in [3.8, 4) is 5.75 Å². The summed E-state index contributed by atoms with van der Waals surface area (Å²) in [6, 6.07) is 13.3. The van der Waals surface area contributed by atoms with Gasteiger partial charge in [0.05, 0.1) is 5.69 Å². The largest absolute Gasteiger partial charge is 0.479 e. The molecule has 0 aliphatic carbocycles. The van der Waals surface area contributed by atoms with E-state index >= 15 is 0 Å². The van der Waals surface area contributed by atoms with E-state index in [2.05, 4.69) is 10.6 Å². The van der Waals surface area contributed by atoms with E-state index < -0.39 is 6.10 Å². The number of nitrogens with one attached hydrogen (secondary N) is 2. The lowest BCUT2D eigenvalue weighted by Gasteiger charge is -2.23. The Morgan fingerprint density at radius 3 is 2.90 bits per heavy atom. The normalized spacial score (nSPS) is 16.6. The molecule has 0 radical (unpaired) electrons. The van der Waals surface area contributed by atoms with Crippen molar-refractivity contribution in [3.05, 3.63) is 48.0 Å². The van der Waals surface area contributed by atoms with E-state index in [1.54, 1.807) is 6.92 Å². The van der Waals surface area contributed by atoms with E-state index in [0.717, 1.165) is 16.9 Å². The molecular formula is C16H17N3O2. The van der Waals surface area contributed by atoms with E-state index in [1.807, 2.05) is 42.5 Å². The van der Waals surface area contributed by atoms with Gasteiger partial charge in [0.25, 0.3) is 5.91 Å². The molecule has 0 spiro atoms. The molecule has 0 saturated carbocycles. The molecule has 21 heavy (non-hydrogen) atoms. The number of carbonyl (C=O) groups excluding carboxylic acids is 1. The first-order valence-electron chi connectivity index (χ1n) is 6.82. The molecule has 4 N–H and O–H groups in total. The maximum Gasteiger partial charge on any atom is 0.265 e. The highest BCUT2D eigenvalue weighted by atomic mass is 16.5. The average Bonchev–Trinajstić information content (AvgIpc) is 2.48. The summed E-state index contributed by atoms with van der Waals surface area (Å²) in [7, 11) is 0. The van der Waals surface area contributed by atoms with Gasteiger partial charge in [-0.1, -0.05) is 18.2 Å². The lowest BCUT2D eigenvalue weighted by Crippen LogP contribution is -2.34. The van der Waals surface area contributed by atoms with Gasteiger partial charge in [-0.3, -0.25) is 4.79 Å². The summed E-state index contributed by atoms with van der Waals surface area (Å²) in [6.45, 7) is 2.35. The van der Waals surface area contributed by atoms with Gasteiger partial charge in [-0.25, -0.2) is 0 Å². The third-order valence-corrected chi connectivity index (χ3v) is 3.45. The molecule has 1 atom stereocenters. The van der Waals surface area contributed by atoms with E-state index in [4.69, 9.17) is 10.5 Å². The van der Waals surface area contributed by atoms with E-state index in [-0.39, 0.29) is 5.91 Å². The summed E-state index contributed by atoms with van der Waals surface area (Å²) >= 11 is 0. The number of carbonyl (C=O) groups is 1. The van der Waals surface area contributed by atoms with E-state index in [9.17, 15) is 4.79 Å². The van der Waals surface area contributed by atoms with Crippen LogP contribution in [0.2, 0.25) is 0 Å². The molecule has 0 aromatic heterocycles. The number of hydrogen-bond acceptors (Lipinski definition) is 4. The predicted octanol–water partition coefficient (Wildman–Crippen LogP) is 2.60. The van der Waals surface area contributed by atoms with Crippen LogP contribution in [0, 0.1) is 0 Å². The number of anilines is 3. The number of nitrogens with two attached hydrogens (primary N) is 1. The van der Waals surface area contributed by atoms with E-state index in [0.29, 0.717) is 18.0 Å². The fraction of sp³-hybridized carbons (Fsp3) is 0.188. The fourth-order valence-electron chi connectivity index (χ4n) is 2.21. The summed E-state index contributed by atoms with van der Waals surface area (Å²) in [5.74, 6) is 0.554. The molecule has 5 heteroatoms. The zero-order chi connectivity index (χ0) is 14.8. The van der Waals surface area contributed by atoms with Crippen LogP contribution in [0.25, 0.3) is 0 Å². The predicted molar refractivity (Wildman–Crippen MR) is 83.3 cm³/mol. The minimum Gasteiger partial charge on any atom is -0.479 e. The highest BCUT2D eigenvalue weighted by Gasteiger charge is 2.23. The Hall–Kier alpha value is -2.69. The zero-order valence-electron chi connectivity index (χ0n) is 11.7. The third kappa shape index (κ3) is 2.76. The van der Waals surface area contributed by atoms with Crippen molar-refractivity contribution in [2.24, 2.45) is 0 Å². The van der Waals surface area contributed by atoms with Crippen molar-refractivity contribution >= 4 is 23.0 Å². The maximum atomic E-state index is 11.6. The Bertz CT molecular complexity index is 685. The number of fused-ring (bicyclic) bond motifs is 1. The fourth-order valence-corrected chi connectivity index (χ4v) is 2.21. The van der Waals surface area contributed by atoms with Gasteiger partial charge in [0.2, 0.25) is 0 Å². The van der Waals surface area contributed by atoms with Crippen molar-refractivity contribution in [2.75, 3.05) is 16.4 Å². The number of rotatable bonds is 3. The van der Waals surface area contributed by atoms with Crippen LogP contribution in [0.1, 0.15) is 12.5 Å². The zero-order valence-corrected chi connectivity index (χ0v) is 11.7. The summed E-state index contributed by atoms with van der Waals surface area (Å²) in [4.78, 5) is 11.6. The summed E-state index contributed by atoms with van der Waals surface area (Å²) in [5.41, 5.74) is 9.28. The van der Waals surface area contributed by atoms with Gasteiger partial charge in [0.1, 0.15) is 5.75 Å². The van der Waals surface area contributed by atoms with Crippen LogP contribution in [0.5, 0.6) is 5.75 Å². The third-order valence-electron chi connectivity index (χ3n) is 3.45. The lowest BCUT2D eigenvalue weighted by atomic mass is 10.1. The summed E-state index contributed by atoms with van der Waals surface area (Å²) < 4.78 is 5.52. The van der Waals surface area contributed by atoms with Crippen LogP contribution < -0.4 is 21.1 Å². The van der Waals surface area contributed by atoms with Gasteiger partial charge in [0, 0.05) is 17.9 Å². The molecule has 3 rings (SSSR count). The van der Waals surface area contributed by atoms with Crippen molar-refractivity contribution in [1.82, 2.24) is 0 Å². The van der Waals surface area contributed by atoms with Crippen LogP contribution in [0.15, 0.2) is 42.5 Å². The second kappa shape index (κ2) is 5.36. The Balaban J connectivity index is 1.74. The van der Waals surface area contributed by atoms with Crippen LogP contribution in [-0.4, -0.2) is 12.0 Å². The molecule has 0 bridgehead atoms. The van der Waals surface area contributed by atoms with Crippen LogP contribution in [0.4, 0.5) is 17.1 Å². The number of amides is 1. The first-order valence-corrected chi connectivity index (χ1v) is 6.82. The molecule has 2 aromatic rings. The Morgan fingerprint density at radius 1 is 1.29 bits per heavy atom. The van der Waals surface area contributed by atoms with Crippen LogP contribution in [0.3, 0.4) is 0 Å². The van der Waals surface area contributed by atoms with Gasteiger partial charge in [0.15, 0.2) is 6.10 Å². The minimum absolute atomic E-state index is 0.132. The summed E-state index contributed by atoms with van der Waals surface area (Å²) in [5, 5.41) is 6.12. The lowest BCUT2D eigenvalue weighted by molar-refractivity contribution is -0.122. The quantitative estimate of drug-likeness (QED) is 0.757. The first kappa shape index (κ1) is 13.3. The number of benzene rings is 2. The second-order valence-electron chi connectivity index (χ2n) is 5.01. The highest BCUT2D eigenvalue weighted by molar-refractivity contribution is 5.98. The second-order valence-corrected chi connectivity index (χ2v) is 5.01. The molecule has 1 aliphatic heterocycles. The number of nitrogen functional groups attached to an aromatic ring is 1. The molecule has 108 valence electrons. The molecule has 1 aliphatic rings. The molecule has 5 nitrogen and oxygen atoms in total. The number of ether oxygens (including phenoxy) is 1. The molecule has 1 unspecified atom stereocenters. The highest BCUT2D eigenvalue weighted by Crippen LogP contribution is 2.32. The Kier molecular flexibility index (Phi) is 3.39. The minimum atomic E-state index is -0.458. The Morgan fingerprint density at radius 2 is 2.10 bits per heavy atom. The summed E-state index contributed by atoms with van der Waals surface area (Å²) in [6.07, 6.45) is -0.458. The van der Waals surface area contributed by atoms with Crippen LogP contribution in [-0.2, 0) is 11.3 Å². The van der Waals surface area contributed by atoms with Crippen molar-refractivity contribution in [3.63, 3.8) is 0 Å². The number of para-hydroxylation sites is 1. The van der Waals surface area contributed by atoms with Gasteiger partial charge >= 0.3 is 0 Å². The monoisotopic (exact) mass is 283 g/mol. The van der Waals surface area contributed by atoms with Gasteiger partial charge in [-0.15, -0.1) is 0 Å².